The zero-order valence-electron chi connectivity index (χ0n) is 14.1. The van der Waals surface area contributed by atoms with Gasteiger partial charge in [-0.3, -0.25) is 0 Å². The van der Waals surface area contributed by atoms with Gasteiger partial charge in [-0.25, -0.2) is 0 Å². The summed E-state index contributed by atoms with van der Waals surface area (Å²) in [7, 11) is 2.39. The van der Waals surface area contributed by atoms with Crippen LogP contribution in [-0.2, 0) is 0 Å². The van der Waals surface area contributed by atoms with Gasteiger partial charge in [-0.1, -0.05) is 39.5 Å². The highest BCUT2D eigenvalue weighted by molar-refractivity contribution is 4.91. The Morgan fingerprint density at radius 3 is 2.55 bits per heavy atom. The minimum Gasteiger partial charge on any atom is -0.316 e. The third-order valence-corrected chi connectivity index (χ3v) is 5.71. The molecule has 1 N–H and O–H groups in total. The van der Waals surface area contributed by atoms with Crippen LogP contribution in [0.5, 0.6) is 0 Å². The van der Waals surface area contributed by atoms with E-state index in [2.05, 4.69) is 31.1 Å². The first-order valence-electron chi connectivity index (χ1n) is 9.06. The Morgan fingerprint density at radius 2 is 1.90 bits per heavy atom. The Balaban J connectivity index is 1.86. The average Bonchev–Trinajstić information content (AvgIpc) is 2.88. The number of nitrogens with zero attached hydrogens (tertiary/aromatic N) is 1. The zero-order valence-corrected chi connectivity index (χ0v) is 14.1. The zero-order chi connectivity index (χ0) is 14.4. The van der Waals surface area contributed by atoms with E-state index in [4.69, 9.17) is 0 Å². The first-order chi connectivity index (χ1) is 9.65. The fraction of sp³-hybridized carbons (Fsp3) is 1.00. The molecule has 118 valence electrons. The molecular weight excluding hydrogens is 244 g/mol. The van der Waals surface area contributed by atoms with Crippen molar-refractivity contribution < 1.29 is 0 Å². The molecule has 2 heteroatoms. The van der Waals surface area contributed by atoms with E-state index >= 15 is 0 Å². The fourth-order valence-corrected chi connectivity index (χ4v) is 4.51. The molecule has 0 saturated heterocycles. The van der Waals surface area contributed by atoms with Crippen LogP contribution in [0.15, 0.2) is 0 Å². The normalized spacial score (nSPS) is 30.0. The maximum Gasteiger partial charge on any atom is 0.00949 e. The molecule has 0 aromatic carbocycles. The summed E-state index contributed by atoms with van der Waals surface area (Å²) in [6, 6.07) is 0.849. The maximum absolute atomic E-state index is 3.71. The third kappa shape index (κ3) is 4.46. The van der Waals surface area contributed by atoms with Crippen molar-refractivity contribution in [2.75, 3.05) is 26.7 Å². The van der Waals surface area contributed by atoms with Crippen LogP contribution in [0.1, 0.15) is 71.6 Å². The van der Waals surface area contributed by atoms with Crippen molar-refractivity contribution in [2.45, 2.75) is 77.7 Å². The average molecular weight is 280 g/mol. The molecule has 2 atom stereocenters. The van der Waals surface area contributed by atoms with E-state index in [1.807, 2.05) is 0 Å². The molecule has 0 bridgehead atoms. The monoisotopic (exact) mass is 280 g/mol. The molecule has 2 fully saturated rings. The van der Waals surface area contributed by atoms with Crippen molar-refractivity contribution in [1.29, 1.82) is 0 Å². The third-order valence-electron chi connectivity index (χ3n) is 5.71. The van der Waals surface area contributed by atoms with E-state index in [-0.39, 0.29) is 0 Å². The van der Waals surface area contributed by atoms with Gasteiger partial charge in [-0.15, -0.1) is 0 Å². The van der Waals surface area contributed by atoms with Crippen LogP contribution in [0.3, 0.4) is 0 Å². The molecule has 0 aliphatic heterocycles. The van der Waals surface area contributed by atoms with Crippen LogP contribution in [0, 0.1) is 11.3 Å². The second-order valence-corrected chi connectivity index (χ2v) is 7.72. The van der Waals surface area contributed by atoms with E-state index in [9.17, 15) is 0 Å². The van der Waals surface area contributed by atoms with Gasteiger partial charge >= 0.3 is 0 Å². The second-order valence-electron chi connectivity index (χ2n) is 7.72. The van der Waals surface area contributed by atoms with Gasteiger partial charge in [0.1, 0.15) is 0 Å². The summed E-state index contributed by atoms with van der Waals surface area (Å²) >= 11 is 0. The summed E-state index contributed by atoms with van der Waals surface area (Å²) < 4.78 is 0. The summed E-state index contributed by atoms with van der Waals surface area (Å²) in [5, 5.41) is 3.71. The smallest absolute Gasteiger partial charge is 0.00949 e. The van der Waals surface area contributed by atoms with E-state index < -0.39 is 0 Å². The van der Waals surface area contributed by atoms with Crippen molar-refractivity contribution in [1.82, 2.24) is 10.2 Å². The highest BCUT2D eigenvalue weighted by Crippen LogP contribution is 2.39. The Kier molecular flexibility index (Phi) is 6.35. The highest BCUT2D eigenvalue weighted by Gasteiger charge is 2.36. The fourth-order valence-electron chi connectivity index (χ4n) is 4.51. The molecular formula is C18H36N2. The molecule has 0 aromatic rings. The first kappa shape index (κ1) is 16.3. The predicted octanol–water partition coefficient (Wildman–Crippen LogP) is 4.06. The Labute approximate surface area is 126 Å². The molecule has 0 aromatic heterocycles. The van der Waals surface area contributed by atoms with Gasteiger partial charge in [-0.05, 0) is 57.0 Å². The Morgan fingerprint density at radius 1 is 1.15 bits per heavy atom. The second kappa shape index (κ2) is 7.79. The van der Waals surface area contributed by atoms with Crippen LogP contribution < -0.4 is 5.32 Å². The number of hydrogen-bond donors (Lipinski definition) is 1. The van der Waals surface area contributed by atoms with Crippen molar-refractivity contribution >= 4 is 0 Å². The van der Waals surface area contributed by atoms with E-state index in [0.29, 0.717) is 5.41 Å². The van der Waals surface area contributed by atoms with Crippen LogP contribution in [0.25, 0.3) is 0 Å². The summed E-state index contributed by atoms with van der Waals surface area (Å²) in [5.74, 6) is 0.939. The van der Waals surface area contributed by atoms with Crippen molar-refractivity contribution in [3.8, 4) is 0 Å². The molecule has 2 nitrogen and oxygen atoms in total. The number of hydrogen-bond acceptors (Lipinski definition) is 2. The van der Waals surface area contributed by atoms with Crippen LogP contribution in [0.2, 0.25) is 0 Å². The lowest BCUT2D eigenvalue weighted by Gasteiger charge is -2.40. The molecule has 2 saturated carbocycles. The van der Waals surface area contributed by atoms with Gasteiger partial charge < -0.3 is 10.2 Å². The lowest BCUT2D eigenvalue weighted by molar-refractivity contribution is 0.101. The summed E-state index contributed by atoms with van der Waals surface area (Å²) in [5.41, 5.74) is 0.574. The van der Waals surface area contributed by atoms with Gasteiger partial charge in [0, 0.05) is 19.1 Å². The van der Waals surface area contributed by atoms with E-state index in [1.165, 1.54) is 77.4 Å². The van der Waals surface area contributed by atoms with Crippen LogP contribution >= 0.6 is 0 Å². The Bertz CT molecular complexity index is 271. The number of rotatable bonds is 7. The molecule has 2 unspecified atom stereocenters. The van der Waals surface area contributed by atoms with Gasteiger partial charge in [0.05, 0.1) is 0 Å². The Hall–Kier alpha value is -0.0800. The van der Waals surface area contributed by atoms with Gasteiger partial charge in [0.15, 0.2) is 0 Å². The van der Waals surface area contributed by atoms with Crippen molar-refractivity contribution in [3.05, 3.63) is 0 Å². The van der Waals surface area contributed by atoms with Gasteiger partial charge in [0.2, 0.25) is 0 Å². The molecule has 2 rings (SSSR count). The first-order valence-corrected chi connectivity index (χ1v) is 9.06. The van der Waals surface area contributed by atoms with Crippen molar-refractivity contribution in [2.24, 2.45) is 11.3 Å². The minimum absolute atomic E-state index is 0.574. The van der Waals surface area contributed by atoms with E-state index in [0.717, 1.165) is 12.0 Å². The van der Waals surface area contributed by atoms with Crippen LogP contribution in [0.4, 0.5) is 0 Å². The topological polar surface area (TPSA) is 15.3 Å². The lowest BCUT2D eigenvalue weighted by atomic mass is 9.82. The SMILES string of the molecule is CCCNCC1(CN(C)C2CCCC(C)C2)CCCC1. The van der Waals surface area contributed by atoms with Crippen LogP contribution in [-0.4, -0.2) is 37.6 Å². The highest BCUT2D eigenvalue weighted by atomic mass is 15.1. The molecule has 0 spiro atoms. The van der Waals surface area contributed by atoms with Crippen molar-refractivity contribution in [3.63, 3.8) is 0 Å². The standard InChI is InChI=1S/C18H36N2/c1-4-12-19-14-18(10-5-6-11-18)15-20(3)17-9-7-8-16(2)13-17/h16-17,19H,4-15H2,1-3H3. The molecule has 20 heavy (non-hydrogen) atoms. The minimum atomic E-state index is 0.574. The molecule has 0 amide bonds. The summed E-state index contributed by atoms with van der Waals surface area (Å²) in [6.45, 7) is 8.46. The largest absolute Gasteiger partial charge is 0.316 e. The van der Waals surface area contributed by atoms with Gasteiger partial charge in [0.25, 0.3) is 0 Å². The van der Waals surface area contributed by atoms with E-state index in [1.54, 1.807) is 0 Å². The maximum atomic E-state index is 3.71. The summed E-state index contributed by atoms with van der Waals surface area (Å²) in [4.78, 5) is 2.72. The molecule has 0 heterocycles. The predicted molar refractivity (Wildman–Crippen MR) is 88.1 cm³/mol. The van der Waals surface area contributed by atoms with Gasteiger partial charge in [-0.2, -0.15) is 0 Å². The lowest BCUT2D eigenvalue weighted by Crippen LogP contribution is -2.46. The quantitative estimate of drug-likeness (QED) is 0.708. The summed E-state index contributed by atoms with van der Waals surface area (Å²) in [6.07, 6.45) is 12.8. The number of nitrogens with one attached hydrogen (secondary N) is 1. The molecule has 2 aliphatic rings. The molecule has 2 aliphatic carbocycles. The molecule has 0 radical (unpaired) electrons.